The Kier molecular flexibility index (Phi) is 9.25. The molecule has 2 aromatic rings. The van der Waals surface area contributed by atoms with Crippen LogP contribution in [0.15, 0.2) is 29.3 Å². The quantitative estimate of drug-likeness (QED) is 0.244. The lowest BCUT2D eigenvalue weighted by Gasteiger charge is -2.37. The third kappa shape index (κ3) is 6.25. The van der Waals surface area contributed by atoms with Crippen molar-refractivity contribution in [2.24, 2.45) is 4.99 Å². The van der Waals surface area contributed by atoms with Crippen molar-refractivity contribution >= 4 is 47.0 Å². The number of fused-ring (bicyclic) bond motifs is 1. The van der Waals surface area contributed by atoms with Gasteiger partial charge in [0, 0.05) is 50.6 Å². The van der Waals surface area contributed by atoms with Crippen LogP contribution in [0.1, 0.15) is 41.8 Å². The molecule has 0 saturated carbocycles. The van der Waals surface area contributed by atoms with Crippen molar-refractivity contribution in [2.75, 3.05) is 44.2 Å². The summed E-state index contributed by atoms with van der Waals surface area (Å²) in [6, 6.07) is 7.59. The van der Waals surface area contributed by atoms with Crippen LogP contribution in [0, 0.1) is 0 Å². The number of thiazole rings is 1. The predicted octanol–water partition coefficient (Wildman–Crippen LogP) is 4.07. The maximum atomic E-state index is 10.1. The van der Waals surface area contributed by atoms with Gasteiger partial charge in [-0.1, -0.05) is 12.1 Å². The fourth-order valence-electron chi connectivity index (χ4n) is 4.24. The van der Waals surface area contributed by atoms with Crippen LogP contribution in [0.3, 0.4) is 0 Å². The van der Waals surface area contributed by atoms with Gasteiger partial charge in [0.05, 0.1) is 16.4 Å². The molecule has 31 heavy (non-hydrogen) atoms. The molecule has 1 fully saturated rings. The molecular weight excluding hydrogens is 521 g/mol. The minimum atomic E-state index is 0. The van der Waals surface area contributed by atoms with Crippen LogP contribution in [0.4, 0.5) is 5.69 Å². The van der Waals surface area contributed by atoms with Crippen molar-refractivity contribution in [1.82, 2.24) is 15.2 Å². The first-order valence-electron chi connectivity index (χ1n) is 11.3. The van der Waals surface area contributed by atoms with E-state index in [1.165, 1.54) is 41.3 Å². The first-order chi connectivity index (χ1) is 14.7. The summed E-state index contributed by atoms with van der Waals surface area (Å²) in [5.41, 5.74) is 2.28. The van der Waals surface area contributed by atoms with Gasteiger partial charge >= 0.3 is 0 Å². The number of para-hydroxylation sites is 2. The zero-order chi connectivity index (χ0) is 20.8. The van der Waals surface area contributed by atoms with E-state index in [0.717, 1.165) is 63.8 Å². The minimum Gasteiger partial charge on any atom is -0.506 e. The Balaban J connectivity index is 0.00000272. The van der Waals surface area contributed by atoms with Crippen molar-refractivity contribution in [3.8, 4) is 5.75 Å². The van der Waals surface area contributed by atoms with E-state index in [-0.39, 0.29) is 24.0 Å². The average Bonchev–Trinajstić information content (AvgIpc) is 3.19. The van der Waals surface area contributed by atoms with Crippen molar-refractivity contribution in [1.29, 1.82) is 0 Å². The number of guanidine groups is 1. The topological polar surface area (TPSA) is 64.0 Å². The summed E-state index contributed by atoms with van der Waals surface area (Å²) in [4.78, 5) is 15.9. The molecule has 2 N–H and O–H groups in total. The van der Waals surface area contributed by atoms with Gasteiger partial charge in [-0.25, -0.2) is 4.98 Å². The van der Waals surface area contributed by atoms with Crippen LogP contribution in [-0.2, 0) is 19.3 Å². The van der Waals surface area contributed by atoms with Gasteiger partial charge in [-0.15, -0.1) is 35.3 Å². The number of halogens is 1. The van der Waals surface area contributed by atoms with Gasteiger partial charge in [-0.05, 0) is 51.2 Å². The van der Waals surface area contributed by atoms with E-state index in [1.54, 1.807) is 6.07 Å². The number of hydrogen-bond acceptors (Lipinski definition) is 5. The normalized spacial score (nSPS) is 16.6. The first kappa shape index (κ1) is 24.1. The maximum Gasteiger partial charge on any atom is 0.194 e. The lowest BCUT2D eigenvalue weighted by molar-refractivity contribution is 0.370. The lowest BCUT2D eigenvalue weighted by Crippen LogP contribution is -2.52. The summed E-state index contributed by atoms with van der Waals surface area (Å²) in [5, 5.41) is 14.9. The standard InChI is InChI=1S/C23H33N5OS.HI/c1-2-24-23(25-13-7-12-22-26-18-8-3-6-11-21(18)30-22)28-16-14-27(15-17-28)19-9-4-5-10-20(19)29;/h4-5,9-10,29H,2-3,6-8,11-17H2,1H3,(H,24,25);1H. The molecule has 8 heteroatoms. The van der Waals surface area contributed by atoms with E-state index in [1.807, 2.05) is 29.5 Å². The number of anilines is 1. The van der Waals surface area contributed by atoms with Gasteiger partial charge in [0.2, 0.25) is 0 Å². The molecule has 1 aliphatic carbocycles. The third-order valence-corrected chi connectivity index (χ3v) is 7.05. The van der Waals surface area contributed by atoms with Crippen molar-refractivity contribution in [3.63, 3.8) is 0 Å². The van der Waals surface area contributed by atoms with Crippen LogP contribution >= 0.6 is 35.3 Å². The Labute approximate surface area is 206 Å². The first-order valence-corrected chi connectivity index (χ1v) is 12.1. The molecule has 170 valence electrons. The van der Waals surface area contributed by atoms with Gasteiger partial charge in [0.15, 0.2) is 5.96 Å². The zero-order valence-electron chi connectivity index (χ0n) is 18.3. The Morgan fingerprint density at radius 2 is 1.94 bits per heavy atom. The van der Waals surface area contributed by atoms with Crippen molar-refractivity contribution in [2.45, 2.75) is 45.4 Å². The molecule has 2 aliphatic rings. The average molecular weight is 556 g/mol. The van der Waals surface area contributed by atoms with Gasteiger partial charge in [-0.3, -0.25) is 4.99 Å². The molecule has 4 rings (SSSR count). The highest BCUT2D eigenvalue weighted by atomic mass is 127. The number of aromatic nitrogens is 1. The highest BCUT2D eigenvalue weighted by Gasteiger charge is 2.21. The summed E-state index contributed by atoms with van der Waals surface area (Å²) in [6.07, 6.45) is 7.08. The monoisotopic (exact) mass is 555 g/mol. The largest absolute Gasteiger partial charge is 0.506 e. The SMILES string of the molecule is CCNC(=NCCCc1nc2c(s1)CCCC2)N1CCN(c2ccccc2O)CC1.I. The minimum absolute atomic E-state index is 0. The van der Waals surface area contributed by atoms with E-state index >= 15 is 0 Å². The van der Waals surface area contributed by atoms with Crippen LogP contribution in [-0.4, -0.2) is 60.2 Å². The summed E-state index contributed by atoms with van der Waals surface area (Å²) in [5.74, 6) is 1.36. The summed E-state index contributed by atoms with van der Waals surface area (Å²) in [7, 11) is 0. The summed E-state index contributed by atoms with van der Waals surface area (Å²) in [6.45, 7) is 7.38. The Morgan fingerprint density at radius 3 is 2.68 bits per heavy atom. The van der Waals surface area contributed by atoms with E-state index in [0.29, 0.717) is 5.75 Å². The Hall–Kier alpha value is -1.55. The zero-order valence-corrected chi connectivity index (χ0v) is 21.5. The second-order valence-corrected chi connectivity index (χ2v) is 9.15. The molecule has 1 aliphatic heterocycles. The van der Waals surface area contributed by atoms with Crippen molar-refractivity contribution < 1.29 is 5.11 Å². The second kappa shape index (κ2) is 11.9. The molecule has 1 saturated heterocycles. The number of aliphatic imine (C=N–C) groups is 1. The molecule has 0 amide bonds. The fourth-order valence-corrected chi connectivity index (χ4v) is 5.44. The van der Waals surface area contributed by atoms with Gasteiger partial charge < -0.3 is 20.2 Å². The van der Waals surface area contributed by atoms with E-state index in [9.17, 15) is 5.11 Å². The molecule has 0 unspecified atom stereocenters. The number of piperazine rings is 1. The molecule has 0 radical (unpaired) electrons. The Bertz CT molecular complexity index is 840. The smallest absolute Gasteiger partial charge is 0.194 e. The van der Waals surface area contributed by atoms with Crippen LogP contribution < -0.4 is 10.2 Å². The van der Waals surface area contributed by atoms with Gasteiger partial charge in [-0.2, -0.15) is 0 Å². The van der Waals surface area contributed by atoms with Gasteiger partial charge in [0.1, 0.15) is 5.75 Å². The van der Waals surface area contributed by atoms with E-state index < -0.39 is 0 Å². The molecule has 6 nitrogen and oxygen atoms in total. The predicted molar refractivity (Wildman–Crippen MR) is 140 cm³/mol. The molecule has 0 spiro atoms. The molecular formula is C23H34IN5OS. The highest BCUT2D eigenvalue weighted by Crippen LogP contribution is 2.28. The number of aryl methyl sites for hydroxylation is 3. The second-order valence-electron chi connectivity index (χ2n) is 7.99. The summed E-state index contributed by atoms with van der Waals surface area (Å²) < 4.78 is 0. The van der Waals surface area contributed by atoms with Crippen LogP contribution in [0.25, 0.3) is 0 Å². The lowest BCUT2D eigenvalue weighted by atomic mass is 10.0. The molecule has 1 aromatic carbocycles. The number of hydrogen-bond donors (Lipinski definition) is 2. The number of aromatic hydroxyl groups is 1. The van der Waals surface area contributed by atoms with Crippen LogP contribution in [0.2, 0.25) is 0 Å². The van der Waals surface area contributed by atoms with Crippen LogP contribution in [0.5, 0.6) is 5.75 Å². The molecule has 2 heterocycles. The Morgan fingerprint density at radius 1 is 1.16 bits per heavy atom. The number of nitrogens with one attached hydrogen (secondary N) is 1. The number of rotatable bonds is 6. The third-order valence-electron chi connectivity index (χ3n) is 5.84. The van der Waals surface area contributed by atoms with E-state index in [2.05, 4.69) is 22.0 Å². The number of phenols is 1. The van der Waals surface area contributed by atoms with Crippen molar-refractivity contribution in [3.05, 3.63) is 39.8 Å². The highest BCUT2D eigenvalue weighted by molar-refractivity contribution is 14.0. The molecule has 0 bridgehead atoms. The van der Waals surface area contributed by atoms with E-state index in [4.69, 9.17) is 9.98 Å². The molecule has 1 aromatic heterocycles. The number of phenolic OH excluding ortho intramolecular Hbond substituents is 1. The maximum absolute atomic E-state index is 10.1. The molecule has 0 atom stereocenters. The summed E-state index contributed by atoms with van der Waals surface area (Å²) >= 11 is 1.92. The number of benzene rings is 1. The number of nitrogens with zero attached hydrogens (tertiary/aromatic N) is 4. The van der Waals surface area contributed by atoms with Gasteiger partial charge in [0.25, 0.3) is 0 Å². The fraction of sp³-hybridized carbons (Fsp3) is 0.565.